The lowest BCUT2D eigenvalue weighted by molar-refractivity contribution is -0.118. The molecule has 4 nitrogen and oxygen atoms in total. The number of rotatable bonds is 6. The van der Waals surface area contributed by atoms with Gasteiger partial charge in [-0.05, 0) is 42.2 Å². The molecule has 0 saturated heterocycles. The van der Waals surface area contributed by atoms with Crippen molar-refractivity contribution in [2.45, 2.75) is 26.2 Å². The molecule has 1 heterocycles. The van der Waals surface area contributed by atoms with Crippen molar-refractivity contribution in [3.05, 3.63) is 54.1 Å². The van der Waals surface area contributed by atoms with Gasteiger partial charge in [-0.2, -0.15) is 0 Å². The Kier molecular flexibility index (Phi) is 5.11. The van der Waals surface area contributed by atoms with Crippen molar-refractivity contribution in [3.8, 4) is 5.75 Å². The first-order valence-electron chi connectivity index (χ1n) is 8.04. The van der Waals surface area contributed by atoms with Crippen molar-refractivity contribution in [2.75, 3.05) is 11.9 Å². The highest BCUT2D eigenvalue weighted by Crippen LogP contribution is 2.25. The minimum absolute atomic E-state index is 0.0292. The molecule has 0 bridgehead atoms. The van der Waals surface area contributed by atoms with E-state index in [0.29, 0.717) is 16.8 Å². The fourth-order valence-electron chi connectivity index (χ4n) is 2.36. The second-order valence-electron chi connectivity index (χ2n) is 5.70. The number of para-hydroxylation sites is 1. The molecular weight excluding hydrogens is 320 g/mol. The van der Waals surface area contributed by atoms with Crippen LogP contribution in [0.25, 0.3) is 10.2 Å². The van der Waals surface area contributed by atoms with Gasteiger partial charge in [0, 0.05) is 0 Å². The lowest BCUT2D eigenvalue weighted by Gasteiger charge is -2.10. The number of benzene rings is 2. The average Bonchev–Trinajstić information content (AvgIpc) is 3.02. The van der Waals surface area contributed by atoms with E-state index < -0.39 is 0 Å². The zero-order valence-electron chi connectivity index (χ0n) is 13.8. The molecule has 1 unspecified atom stereocenters. The third-order valence-corrected chi connectivity index (χ3v) is 4.92. The van der Waals surface area contributed by atoms with Crippen LogP contribution in [0, 0.1) is 0 Å². The van der Waals surface area contributed by atoms with Crippen molar-refractivity contribution >= 4 is 32.6 Å². The number of amides is 1. The minimum atomic E-state index is -0.208. The third kappa shape index (κ3) is 3.92. The predicted octanol–water partition coefficient (Wildman–Crippen LogP) is 4.83. The summed E-state index contributed by atoms with van der Waals surface area (Å²) in [5.74, 6) is 1.02. The van der Waals surface area contributed by atoms with Gasteiger partial charge in [-0.3, -0.25) is 10.1 Å². The predicted molar refractivity (Wildman–Crippen MR) is 98.9 cm³/mol. The fourth-order valence-corrected chi connectivity index (χ4v) is 3.24. The number of ether oxygens (including phenoxy) is 1. The number of carbonyl (C=O) groups is 1. The number of nitrogens with zero attached hydrogens (tertiary/aromatic N) is 1. The molecule has 0 aliphatic carbocycles. The van der Waals surface area contributed by atoms with Gasteiger partial charge in [0.15, 0.2) is 11.7 Å². The molecule has 124 valence electrons. The van der Waals surface area contributed by atoms with E-state index >= 15 is 0 Å². The molecule has 1 aromatic heterocycles. The van der Waals surface area contributed by atoms with Crippen LogP contribution in [-0.2, 0) is 4.79 Å². The summed E-state index contributed by atoms with van der Waals surface area (Å²) >= 11 is 1.46. The highest BCUT2D eigenvalue weighted by Gasteiger charge is 2.09. The molecule has 3 rings (SSSR count). The smallest absolute Gasteiger partial charge is 0.264 e. The Morgan fingerprint density at radius 1 is 1.21 bits per heavy atom. The molecular formula is C19H20N2O2S. The van der Waals surface area contributed by atoms with E-state index in [1.807, 2.05) is 36.4 Å². The Morgan fingerprint density at radius 3 is 2.67 bits per heavy atom. The van der Waals surface area contributed by atoms with Gasteiger partial charge in [0.05, 0.1) is 10.2 Å². The van der Waals surface area contributed by atoms with Crippen LogP contribution in [0.5, 0.6) is 5.75 Å². The van der Waals surface area contributed by atoms with Crippen LogP contribution in [-0.4, -0.2) is 17.5 Å². The number of carbonyl (C=O) groups excluding carboxylic acids is 1. The maximum Gasteiger partial charge on any atom is 0.264 e. The number of fused-ring (bicyclic) bond motifs is 1. The first-order valence-corrected chi connectivity index (χ1v) is 8.85. The molecule has 0 fully saturated rings. The zero-order valence-corrected chi connectivity index (χ0v) is 14.6. The second-order valence-corrected chi connectivity index (χ2v) is 6.73. The van der Waals surface area contributed by atoms with Gasteiger partial charge in [0.2, 0.25) is 0 Å². The lowest BCUT2D eigenvalue weighted by atomic mass is 9.99. The van der Waals surface area contributed by atoms with Gasteiger partial charge in [-0.15, -0.1) is 0 Å². The molecule has 24 heavy (non-hydrogen) atoms. The van der Waals surface area contributed by atoms with Crippen LogP contribution in [0.1, 0.15) is 31.7 Å². The molecule has 1 amide bonds. The van der Waals surface area contributed by atoms with E-state index in [9.17, 15) is 4.79 Å². The molecule has 2 aromatic carbocycles. The molecule has 0 spiro atoms. The number of nitrogens with one attached hydrogen (secondary N) is 1. The van der Waals surface area contributed by atoms with Gasteiger partial charge in [0.1, 0.15) is 5.75 Å². The Morgan fingerprint density at radius 2 is 1.96 bits per heavy atom. The van der Waals surface area contributed by atoms with E-state index in [-0.39, 0.29) is 12.5 Å². The monoisotopic (exact) mass is 340 g/mol. The normalized spacial score (nSPS) is 12.1. The Hall–Kier alpha value is -2.40. The molecule has 0 saturated carbocycles. The Balaban J connectivity index is 1.55. The summed E-state index contributed by atoms with van der Waals surface area (Å²) in [5, 5.41) is 3.38. The van der Waals surface area contributed by atoms with E-state index in [1.165, 1.54) is 16.9 Å². The molecule has 3 aromatic rings. The topological polar surface area (TPSA) is 51.2 Å². The van der Waals surface area contributed by atoms with Crippen LogP contribution in [0.2, 0.25) is 0 Å². The molecule has 0 aliphatic heterocycles. The van der Waals surface area contributed by atoms with Gasteiger partial charge >= 0.3 is 0 Å². The summed E-state index contributed by atoms with van der Waals surface area (Å²) in [7, 11) is 0. The maximum atomic E-state index is 12.0. The lowest BCUT2D eigenvalue weighted by Crippen LogP contribution is -2.20. The Labute approximate surface area is 145 Å². The van der Waals surface area contributed by atoms with E-state index in [2.05, 4.69) is 36.3 Å². The zero-order chi connectivity index (χ0) is 16.9. The molecule has 0 radical (unpaired) electrons. The van der Waals surface area contributed by atoms with Crippen LogP contribution >= 0.6 is 11.3 Å². The van der Waals surface area contributed by atoms with Gasteiger partial charge in [-0.1, -0.05) is 49.4 Å². The van der Waals surface area contributed by atoms with Crippen molar-refractivity contribution in [1.29, 1.82) is 0 Å². The summed E-state index contributed by atoms with van der Waals surface area (Å²) in [6.07, 6.45) is 1.10. The first-order chi connectivity index (χ1) is 11.7. The quantitative estimate of drug-likeness (QED) is 0.699. The van der Waals surface area contributed by atoms with Crippen LogP contribution in [0.3, 0.4) is 0 Å². The molecule has 1 N–H and O–H groups in total. The van der Waals surface area contributed by atoms with Crippen LogP contribution in [0.15, 0.2) is 48.5 Å². The third-order valence-electron chi connectivity index (χ3n) is 3.97. The van der Waals surface area contributed by atoms with Crippen molar-refractivity contribution in [3.63, 3.8) is 0 Å². The number of thiazole rings is 1. The molecule has 1 atom stereocenters. The van der Waals surface area contributed by atoms with Crippen LogP contribution in [0.4, 0.5) is 5.13 Å². The van der Waals surface area contributed by atoms with E-state index in [4.69, 9.17) is 4.74 Å². The molecule has 5 heteroatoms. The number of anilines is 1. The number of aromatic nitrogens is 1. The van der Waals surface area contributed by atoms with Crippen LogP contribution < -0.4 is 10.1 Å². The van der Waals surface area contributed by atoms with Crippen molar-refractivity contribution in [1.82, 2.24) is 4.98 Å². The van der Waals surface area contributed by atoms with E-state index in [1.54, 1.807) is 0 Å². The standard InChI is InChI=1S/C19H20N2O2S/c1-3-13(2)14-8-10-15(11-9-14)23-12-18(22)21-19-20-16-6-4-5-7-17(16)24-19/h4-11,13H,3,12H2,1-2H3,(H,20,21,22). The highest BCUT2D eigenvalue weighted by molar-refractivity contribution is 7.22. The second kappa shape index (κ2) is 7.45. The van der Waals surface area contributed by atoms with Crippen molar-refractivity contribution < 1.29 is 9.53 Å². The minimum Gasteiger partial charge on any atom is -0.484 e. The first kappa shape index (κ1) is 16.5. The Bertz CT molecular complexity index is 794. The highest BCUT2D eigenvalue weighted by atomic mass is 32.1. The summed E-state index contributed by atoms with van der Waals surface area (Å²) < 4.78 is 6.60. The maximum absolute atomic E-state index is 12.0. The summed E-state index contributed by atoms with van der Waals surface area (Å²) in [5.41, 5.74) is 2.17. The van der Waals surface area contributed by atoms with Crippen molar-refractivity contribution in [2.24, 2.45) is 0 Å². The van der Waals surface area contributed by atoms with E-state index in [0.717, 1.165) is 16.6 Å². The molecule has 0 aliphatic rings. The van der Waals surface area contributed by atoms with Gasteiger partial charge in [0.25, 0.3) is 5.91 Å². The fraction of sp³-hybridized carbons (Fsp3) is 0.263. The van der Waals surface area contributed by atoms with Gasteiger partial charge in [-0.25, -0.2) is 4.98 Å². The largest absolute Gasteiger partial charge is 0.484 e. The van der Waals surface area contributed by atoms with Gasteiger partial charge < -0.3 is 4.74 Å². The number of hydrogen-bond donors (Lipinski definition) is 1. The summed E-state index contributed by atoms with van der Waals surface area (Å²) in [6.45, 7) is 4.33. The average molecular weight is 340 g/mol. The summed E-state index contributed by atoms with van der Waals surface area (Å²) in [6, 6.07) is 15.7. The summed E-state index contributed by atoms with van der Waals surface area (Å²) in [4.78, 5) is 16.4. The SMILES string of the molecule is CCC(C)c1ccc(OCC(=O)Nc2nc3ccccc3s2)cc1. The number of hydrogen-bond acceptors (Lipinski definition) is 4.